The van der Waals surface area contributed by atoms with E-state index in [4.69, 9.17) is 5.11 Å². The van der Waals surface area contributed by atoms with Gasteiger partial charge in [0.1, 0.15) is 0 Å². The third-order valence-electron chi connectivity index (χ3n) is 1.38. The molecule has 0 spiro atoms. The molecule has 4 nitrogen and oxygen atoms in total. The van der Waals surface area contributed by atoms with Crippen LogP contribution in [-0.2, 0) is 4.79 Å². The van der Waals surface area contributed by atoms with E-state index in [-0.39, 0.29) is 5.91 Å². The average molecular weight is 211 g/mol. The largest absolute Gasteiger partial charge is 0.473 e. The van der Waals surface area contributed by atoms with Crippen molar-refractivity contribution in [3.05, 3.63) is 24.3 Å². The molecule has 5 heteroatoms. The smallest absolute Gasteiger partial charge is 0.369 e. The van der Waals surface area contributed by atoms with E-state index >= 15 is 0 Å². The summed E-state index contributed by atoms with van der Waals surface area (Å²) in [6, 6.07) is 6.60. The minimum atomic E-state index is -0.947. The summed E-state index contributed by atoms with van der Waals surface area (Å²) >= 11 is 0.730. The van der Waals surface area contributed by atoms with Gasteiger partial charge >= 0.3 is 5.30 Å². The molecule has 0 saturated carbocycles. The van der Waals surface area contributed by atoms with Crippen LogP contribution < -0.4 is 5.32 Å². The molecule has 0 bridgehead atoms. The molecule has 0 saturated heterocycles. The zero-order valence-corrected chi connectivity index (χ0v) is 8.30. The molecule has 1 aromatic carbocycles. The van der Waals surface area contributed by atoms with Crippen molar-refractivity contribution in [1.29, 1.82) is 0 Å². The molecule has 1 amide bonds. The summed E-state index contributed by atoms with van der Waals surface area (Å²) in [6.45, 7) is 1.42. The van der Waals surface area contributed by atoms with Gasteiger partial charge in [0, 0.05) is 17.5 Å². The maximum atomic E-state index is 10.7. The van der Waals surface area contributed by atoms with E-state index in [0.29, 0.717) is 10.6 Å². The second-order valence-electron chi connectivity index (χ2n) is 2.57. The Bertz CT molecular complexity index is 313. The van der Waals surface area contributed by atoms with Crippen LogP contribution in [0.15, 0.2) is 29.2 Å². The fourth-order valence-corrected chi connectivity index (χ4v) is 1.38. The molecule has 0 fully saturated rings. The van der Waals surface area contributed by atoms with Gasteiger partial charge in [0.05, 0.1) is 0 Å². The van der Waals surface area contributed by atoms with E-state index in [9.17, 15) is 9.59 Å². The molecular weight excluding hydrogens is 202 g/mol. The second kappa shape index (κ2) is 4.66. The van der Waals surface area contributed by atoms with E-state index in [1.807, 2.05) is 0 Å². The second-order valence-corrected chi connectivity index (χ2v) is 3.60. The Kier molecular flexibility index (Phi) is 3.53. The predicted octanol–water partition coefficient (Wildman–Crippen LogP) is 2.42. The fourth-order valence-electron chi connectivity index (χ4n) is 0.910. The number of amides is 1. The zero-order valence-electron chi connectivity index (χ0n) is 7.48. The highest BCUT2D eigenvalue weighted by molar-refractivity contribution is 8.13. The molecular formula is C9H9NO3S. The van der Waals surface area contributed by atoms with Crippen LogP contribution in [0, 0.1) is 0 Å². The average Bonchev–Trinajstić information content (AvgIpc) is 2.06. The van der Waals surface area contributed by atoms with Gasteiger partial charge in [-0.25, -0.2) is 4.79 Å². The summed E-state index contributed by atoms with van der Waals surface area (Å²) in [5.74, 6) is -0.149. The van der Waals surface area contributed by atoms with E-state index in [1.54, 1.807) is 24.3 Å². The molecule has 14 heavy (non-hydrogen) atoms. The molecule has 1 rings (SSSR count). The maximum Gasteiger partial charge on any atom is 0.369 e. The highest BCUT2D eigenvalue weighted by atomic mass is 32.2. The van der Waals surface area contributed by atoms with Crippen molar-refractivity contribution in [3.8, 4) is 0 Å². The number of anilines is 1. The molecule has 0 aromatic heterocycles. The molecule has 0 aliphatic heterocycles. The van der Waals surface area contributed by atoms with Gasteiger partial charge in [-0.3, -0.25) is 4.79 Å². The van der Waals surface area contributed by atoms with Crippen LogP contribution >= 0.6 is 11.8 Å². The Labute approximate surface area is 85.3 Å². The van der Waals surface area contributed by atoms with Crippen LogP contribution in [0.3, 0.4) is 0 Å². The highest BCUT2D eigenvalue weighted by Crippen LogP contribution is 2.20. The lowest BCUT2D eigenvalue weighted by atomic mass is 10.3. The van der Waals surface area contributed by atoms with E-state index in [2.05, 4.69) is 5.32 Å². The third kappa shape index (κ3) is 3.49. The SMILES string of the molecule is CC(=O)Nc1ccc(SC(=O)O)cc1. The molecule has 1 aromatic rings. The summed E-state index contributed by atoms with van der Waals surface area (Å²) in [6.07, 6.45) is 0. The number of carboxylic acid groups (broad SMARTS) is 1. The fraction of sp³-hybridized carbons (Fsp3) is 0.111. The van der Waals surface area contributed by atoms with Gasteiger partial charge in [-0.15, -0.1) is 0 Å². The van der Waals surface area contributed by atoms with Crippen molar-refractivity contribution in [2.75, 3.05) is 5.32 Å². The summed E-state index contributed by atoms with van der Waals surface area (Å²) in [5.41, 5.74) is 0.659. The number of benzene rings is 1. The Hall–Kier alpha value is -1.49. The summed E-state index contributed by atoms with van der Waals surface area (Å²) in [5, 5.41) is 10.1. The van der Waals surface area contributed by atoms with Gasteiger partial charge in [0.25, 0.3) is 0 Å². The topological polar surface area (TPSA) is 66.4 Å². The van der Waals surface area contributed by atoms with Crippen LogP contribution in [0.25, 0.3) is 0 Å². The van der Waals surface area contributed by atoms with Crippen molar-refractivity contribution < 1.29 is 14.7 Å². The molecule has 0 aliphatic carbocycles. The Morgan fingerprint density at radius 1 is 1.29 bits per heavy atom. The Balaban J connectivity index is 2.68. The number of hydrogen-bond acceptors (Lipinski definition) is 3. The van der Waals surface area contributed by atoms with Crippen LogP contribution in [-0.4, -0.2) is 16.3 Å². The van der Waals surface area contributed by atoms with Crippen molar-refractivity contribution in [2.45, 2.75) is 11.8 Å². The van der Waals surface area contributed by atoms with Crippen LogP contribution in [0.2, 0.25) is 0 Å². The molecule has 0 radical (unpaired) electrons. The van der Waals surface area contributed by atoms with Crippen LogP contribution in [0.4, 0.5) is 10.5 Å². The zero-order chi connectivity index (χ0) is 10.6. The highest BCUT2D eigenvalue weighted by Gasteiger charge is 2.01. The molecule has 0 aliphatic rings. The summed E-state index contributed by atoms with van der Waals surface area (Å²) in [4.78, 5) is 21.6. The van der Waals surface area contributed by atoms with Gasteiger partial charge < -0.3 is 10.4 Å². The van der Waals surface area contributed by atoms with Gasteiger partial charge in [0.15, 0.2) is 0 Å². The number of thioether (sulfide) groups is 1. The van der Waals surface area contributed by atoms with Crippen LogP contribution in [0.5, 0.6) is 0 Å². The summed E-state index contributed by atoms with van der Waals surface area (Å²) in [7, 11) is 0. The van der Waals surface area contributed by atoms with E-state index < -0.39 is 5.30 Å². The van der Waals surface area contributed by atoms with Crippen molar-refractivity contribution in [2.24, 2.45) is 0 Å². The van der Waals surface area contributed by atoms with Crippen molar-refractivity contribution >= 4 is 28.7 Å². The molecule has 0 heterocycles. The minimum absolute atomic E-state index is 0.149. The predicted molar refractivity (Wildman–Crippen MR) is 54.6 cm³/mol. The Morgan fingerprint density at radius 3 is 2.29 bits per heavy atom. The lowest BCUT2D eigenvalue weighted by molar-refractivity contribution is -0.114. The van der Waals surface area contributed by atoms with Crippen LogP contribution in [0.1, 0.15) is 6.92 Å². The lowest BCUT2D eigenvalue weighted by Crippen LogP contribution is -2.05. The molecule has 2 N–H and O–H groups in total. The van der Waals surface area contributed by atoms with Crippen molar-refractivity contribution in [3.63, 3.8) is 0 Å². The normalized spacial score (nSPS) is 9.50. The third-order valence-corrected chi connectivity index (χ3v) is 2.06. The summed E-state index contributed by atoms with van der Waals surface area (Å²) < 4.78 is 0. The van der Waals surface area contributed by atoms with E-state index in [1.165, 1.54) is 6.92 Å². The molecule has 0 unspecified atom stereocenters. The lowest BCUT2D eigenvalue weighted by Gasteiger charge is -2.01. The minimum Gasteiger partial charge on any atom is -0.473 e. The monoisotopic (exact) mass is 211 g/mol. The first-order valence-electron chi connectivity index (χ1n) is 3.86. The van der Waals surface area contributed by atoms with Gasteiger partial charge in [-0.05, 0) is 36.0 Å². The number of nitrogens with one attached hydrogen (secondary N) is 1. The van der Waals surface area contributed by atoms with E-state index in [0.717, 1.165) is 11.8 Å². The van der Waals surface area contributed by atoms with Gasteiger partial charge in [-0.1, -0.05) is 0 Å². The molecule has 74 valence electrons. The molecule has 0 atom stereocenters. The standard InChI is InChI=1S/C9H9NO3S/c1-6(11)10-7-2-4-8(5-3-7)14-9(12)13/h2-5H,1H3,(H,10,11)(H,12,13). The maximum absolute atomic E-state index is 10.7. The first-order valence-corrected chi connectivity index (χ1v) is 4.68. The number of carbonyl (C=O) groups is 2. The Morgan fingerprint density at radius 2 is 1.86 bits per heavy atom. The number of carbonyl (C=O) groups excluding carboxylic acids is 1. The van der Waals surface area contributed by atoms with Gasteiger partial charge in [-0.2, -0.15) is 0 Å². The quantitative estimate of drug-likeness (QED) is 0.737. The van der Waals surface area contributed by atoms with Crippen molar-refractivity contribution in [1.82, 2.24) is 0 Å². The van der Waals surface area contributed by atoms with Gasteiger partial charge in [0.2, 0.25) is 5.91 Å². The first-order chi connectivity index (χ1) is 6.58. The number of rotatable bonds is 2. The number of hydrogen-bond donors (Lipinski definition) is 2. The first kappa shape index (κ1) is 10.6.